The maximum absolute atomic E-state index is 11.1. The summed E-state index contributed by atoms with van der Waals surface area (Å²) in [6.07, 6.45) is 1.75. The molecule has 0 aliphatic carbocycles. The van der Waals surface area contributed by atoms with E-state index in [1.165, 1.54) is 0 Å². The molecule has 0 aliphatic heterocycles. The van der Waals surface area contributed by atoms with E-state index >= 15 is 0 Å². The Hall–Kier alpha value is -2.25. The molecule has 0 fully saturated rings. The van der Waals surface area contributed by atoms with Crippen molar-refractivity contribution in [1.29, 1.82) is 0 Å². The molecular weight excluding hydrogens is 364 g/mol. The van der Waals surface area contributed by atoms with Crippen LogP contribution in [0, 0.1) is 10.1 Å². The van der Waals surface area contributed by atoms with Gasteiger partial charge in [0.25, 0.3) is 8.32 Å². The number of nitro groups is 1. The van der Waals surface area contributed by atoms with Gasteiger partial charge in [0.15, 0.2) is 0 Å². The van der Waals surface area contributed by atoms with Crippen LogP contribution in [0.2, 0.25) is 18.1 Å². The number of nitrogens with zero attached hydrogens (tertiary/aromatic N) is 2. The number of hydrogen-bond acceptors (Lipinski definition) is 5. The quantitative estimate of drug-likeness (QED) is 0.302. The molecule has 0 N–H and O–H groups in total. The SMILES string of the molecule is CC(C)(C)[Si](C)(C)Oc1c(-c2ccc([N+](=O)[O-])s2)ccc2cccnc12. The van der Waals surface area contributed by atoms with Crippen LogP contribution < -0.4 is 4.43 Å². The second kappa shape index (κ2) is 6.48. The summed E-state index contributed by atoms with van der Waals surface area (Å²) in [6, 6.07) is 11.2. The van der Waals surface area contributed by atoms with Crippen molar-refractivity contribution in [3.63, 3.8) is 0 Å². The van der Waals surface area contributed by atoms with Crippen molar-refractivity contribution < 1.29 is 9.35 Å². The second-order valence-corrected chi connectivity index (χ2v) is 13.6. The Balaban J connectivity index is 2.21. The number of pyridine rings is 1. The van der Waals surface area contributed by atoms with Crippen LogP contribution >= 0.6 is 11.3 Å². The molecular formula is C19H22N2O3SSi. The molecule has 26 heavy (non-hydrogen) atoms. The highest BCUT2D eigenvalue weighted by Crippen LogP contribution is 2.45. The van der Waals surface area contributed by atoms with E-state index in [1.54, 1.807) is 18.3 Å². The summed E-state index contributed by atoms with van der Waals surface area (Å²) < 4.78 is 6.65. The molecule has 136 valence electrons. The van der Waals surface area contributed by atoms with Crippen molar-refractivity contribution in [2.45, 2.75) is 38.9 Å². The first-order valence-electron chi connectivity index (χ1n) is 8.41. The molecule has 0 atom stereocenters. The number of benzene rings is 1. The maximum Gasteiger partial charge on any atom is 0.324 e. The zero-order valence-corrected chi connectivity index (χ0v) is 17.4. The molecule has 3 aromatic rings. The summed E-state index contributed by atoms with van der Waals surface area (Å²) in [6.45, 7) is 10.9. The molecule has 5 nitrogen and oxygen atoms in total. The molecule has 7 heteroatoms. The number of fused-ring (bicyclic) bond motifs is 1. The summed E-state index contributed by atoms with van der Waals surface area (Å²) in [5, 5.41) is 12.2. The predicted molar refractivity (Wildman–Crippen MR) is 110 cm³/mol. The zero-order chi connectivity index (χ0) is 19.1. The van der Waals surface area contributed by atoms with E-state index in [9.17, 15) is 10.1 Å². The highest BCUT2D eigenvalue weighted by Gasteiger charge is 2.40. The number of thiophene rings is 1. The van der Waals surface area contributed by atoms with Gasteiger partial charge in [0.2, 0.25) is 0 Å². The monoisotopic (exact) mass is 386 g/mol. The van der Waals surface area contributed by atoms with E-state index in [0.29, 0.717) is 0 Å². The van der Waals surface area contributed by atoms with Crippen LogP contribution in [0.1, 0.15) is 20.8 Å². The lowest BCUT2D eigenvalue weighted by Gasteiger charge is -2.37. The van der Waals surface area contributed by atoms with Crippen LogP contribution in [0.5, 0.6) is 5.75 Å². The summed E-state index contributed by atoms with van der Waals surface area (Å²) in [4.78, 5) is 16.1. The topological polar surface area (TPSA) is 65.3 Å². The number of rotatable bonds is 4. The lowest BCUT2D eigenvalue weighted by Crippen LogP contribution is -2.44. The second-order valence-electron chi connectivity index (χ2n) is 7.77. The lowest BCUT2D eigenvalue weighted by molar-refractivity contribution is -0.380. The summed E-state index contributed by atoms with van der Waals surface area (Å²) in [7, 11) is -2.11. The minimum atomic E-state index is -2.11. The Bertz CT molecular complexity index is 976. The van der Waals surface area contributed by atoms with Gasteiger partial charge in [-0.15, -0.1) is 0 Å². The van der Waals surface area contributed by atoms with Crippen LogP contribution in [0.25, 0.3) is 21.3 Å². The van der Waals surface area contributed by atoms with Crippen LogP contribution in [-0.2, 0) is 0 Å². The lowest BCUT2D eigenvalue weighted by atomic mass is 10.1. The third-order valence-electron chi connectivity index (χ3n) is 4.93. The van der Waals surface area contributed by atoms with Gasteiger partial charge in [0, 0.05) is 28.1 Å². The van der Waals surface area contributed by atoms with E-state index in [-0.39, 0.29) is 15.0 Å². The normalized spacial score (nSPS) is 12.3. The maximum atomic E-state index is 11.1. The third kappa shape index (κ3) is 3.36. The van der Waals surface area contributed by atoms with Gasteiger partial charge in [-0.1, -0.05) is 44.2 Å². The van der Waals surface area contributed by atoms with Crippen LogP contribution in [0.15, 0.2) is 42.6 Å². The molecule has 2 aromatic heterocycles. The largest absolute Gasteiger partial charge is 0.542 e. The van der Waals surface area contributed by atoms with Crippen LogP contribution in [-0.4, -0.2) is 18.2 Å². The minimum Gasteiger partial charge on any atom is -0.542 e. The van der Waals surface area contributed by atoms with Crippen LogP contribution in [0.3, 0.4) is 0 Å². The third-order valence-corrected chi connectivity index (χ3v) is 10.3. The van der Waals surface area contributed by atoms with Gasteiger partial charge in [0.1, 0.15) is 11.3 Å². The van der Waals surface area contributed by atoms with Gasteiger partial charge >= 0.3 is 5.00 Å². The summed E-state index contributed by atoms with van der Waals surface area (Å²) in [5.74, 6) is 0.728. The fraction of sp³-hybridized carbons (Fsp3) is 0.316. The average molecular weight is 387 g/mol. The Morgan fingerprint density at radius 2 is 1.88 bits per heavy atom. The molecule has 0 saturated heterocycles. The van der Waals surface area contributed by atoms with Crippen molar-refractivity contribution >= 4 is 35.6 Å². The van der Waals surface area contributed by atoms with Gasteiger partial charge < -0.3 is 4.43 Å². The van der Waals surface area contributed by atoms with Gasteiger partial charge in [-0.05, 0) is 36.3 Å². The Morgan fingerprint density at radius 1 is 1.15 bits per heavy atom. The molecule has 1 aromatic carbocycles. The molecule has 0 bridgehead atoms. The van der Waals surface area contributed by atoms with Gasteiger partial charge in [-0.3, -0.25) is 15.1 Å². The van der Waals surface area contributed by atoms with Crippen molar-refractivity contribution in [3.8, 4) is 16.2 Å². The molecule has 0 amide bonds. The number of aromatic nitrogens is 1. The van der Waals surface area contributed by atoms with Gasteiger partial charge in [0.05, 0.1) is 4.92 Å². The van der Waals surface area contributed by atoms with Gasteiger partial charge in [-0.2, -0.15) is 0 Å². The van der Waals surface area contributed by atoms with Crippen molar-refractivity contribution in [2.24, 2.45) is 0 Å². The predicted octanol–water partition coefficient (Wildman–Crippen LogP) is 6.26. The Morgan fingerprint density at radius 3 is 2.50 bits per heavy atom. The van der Waals surface area contributed by atoms with E-state index < -0.39 is 8.32 Å². The molecule has 0 unspecified atom stereocenters. The van der Waals surface area contributed by atoms with E-state index in [2.05, 4.69) is 38.8 Å². The number of hydrogen-bond donors (Lipinski definition) is 0. The highest BCUT2D eigenvalue weighted by molar-refractivity contribution is 7.18. The van der Waals surface area contributed by atoms with Crippen molar-refractivity contribution in [1.82, 2.24) is 4.98 Å². The summed E-state index contributed by atoms with van der Waals surface area (Å²) in [5.41, 5.74) is 1.66. The van der Waals surface area contributed by atoms with E-state index in [0.717, 1.165) is 38.4 Å². The Labute approximate surface area is 157 Å². The highest BCUT2D eigenvalue weighted by atomic mass is 32.1. The molecule has 2 heterocycles. The average Bonchev–Trinajstić information content (AvgIpc) is 3.04. The molecule has 0 spiro atoms. The van der Waals surface area contributed by atoms with E-state index in [1.807, 2.05) is 24.3 Å². The Kier molecular flexibility index (Phi) is 4.62. The fourth-order valence-electron chi connectivity index (χ4n) is 2.39. The summed E-state index contributed by atoms with van der Waals surface area (Å²) >= 11 is 1.16. The fourth-order valence-corrected chi connectivity index (χ4v) is 4.26. The molecule has 0 aliphatic rings. The van der Waals surface area contributed by atoms with Crippen LogP contribution in [0.4, 0.5) is 5.00 Å². The minimum absolute atomic E-state index is 0.0304. The molecule has 0 radical (unpaired) electrons. The van der Waals surface area contributed by atoms with E-state index in [4.69, 9.17) is 4.43 Å². The van der Waals surface area contributed by atoms with Crippen molar-refractivity contribution in [3.05, 3.63) is 52.7 Å². The smallest absolute Gasteiger partial charge is 0.324 e. The standard InChI is InChI=1S/C19H22N2O3SSi/c1-19(2,3)26(4,5)24-18-14(15-10-11-16(25-15)21(22)23)9-8-13-7-6-12-20-17(13)18/h6-12H,1-5H3. The molecule has 0 saturated carbocycles. The molecule has 3 rings (SSSR count). The van der Waals surface area contributed by atoms with Gasteiger partial charge in [-0.25, -0.2) is 0 Å². The van der Waals surface area contributed by atoms with Crippen molar-refractivity contribution in [2.75, 3.05) is 0 Å². The zero-order valence-electron chi connectivity index (χ0n) is 15.6. The first-order chi connectivity index (χ1) is 12.1. The first kappa shape index (κ1) is 18.5. The first-order valence-corrected chi connectivity index (χ1v) is 12.1.